The van der Waals surface area contributed by atoms with Gasteiger partial charge in [-0.25, -0.2) is 0 Å². The van der Waals surface area contributed by atoms with Crippen molar-refractivity contribution in [2.24, 2.45) is 0 Å². The van der Waals surface area contributed by atoms with E-state index in [1.54, 1.807) is 0 Å². The molecule has 0 aliphatic rings. The number of ether oxygens (including phenoxy) is 2. The quantitative estimate of drug-likeness (QED) is 0.0538. The first-order valence-electron chi connectivity index (χ1n) is 22.7. The van der Waals surface area contributed by atoms with E-state index < -0.39 is 0 Å². The van der Waals surface area contributed by atoms with Gasteiger partial charge in [-0.3, -0.25) is 0 Å². The van der Waals surface area contributed by atoms with Crippen molar-refractivity contribution in [1.82, 2.24) is 0 Å². The lowest BCUT2D eigenvalue weighted by molar-refractivity contribution is 0.305. The van der Waals surface area contributed by atoms with Crippen LogP contribution in [-0.4, -0.2) is 13.2 Å². The summed E-state index contributed by atoms with van der Waals surface area (Å²) in [6.45, 7) is 6.01. The van der Waals surface area contributed by atoms with Gasteiger partial charge in [0.2, 0.25) is 0 Å². The van der Waals surface area contributed by atoms with Crippen molar-refractivity contribution in [2.45, 2.75) is 219 Å². The number of anilines is 2. The summed E-state index contributed by atoms with van der Waals surface area (Å²) < 4.78 is 12.3. The SMILES string of the molecule is CCCCCCCCCCCCCCCCCCOc1cc(-c2ccc(N)c(OCCCCCCCCCCCCCCCCCC)c2)ccc1N. The third kappa shape index (κ3) is 24.1. The molecule has 2 rings (SSSR count). The highest BCUT2D eigenvalue weighted by molar-refractivity contribution is 5.73. The zero-order valence-corrected chi connectivity index (χ0v) is 34.5. The molecule has 0 aliphatic heterocycles. The fourth-order valence-corrected chi connectivity index (χ4v) is 7.34. The zero-order chi connectivity index (χ0) is 37.2. The summed E-state index contributed by atoms with van der Waals surface area (Å²) in [5, 5.41) is 0. The minimum Gasteiger partial charge on any atom is -0.491 e. The summed E-state index contributed by atoms with van der Waals surface area (Å²) in [6.07, 6.45) is 43.9. The van der Waals surface area contributed by atoms with E-state index in [1.165, 1.54) is 193 Å². The Kier molecular flexibility index (Phi) is 29.3. The fourth-order valence-electron chi connectivity index (χ4n) is 7.34. The molecule has 0 aromatic heterocycles. The Hall–Kier alpha value is -2.36. The van der Waals surface area contributed by atoms with Crippen molar-refractivity contribution in [3.63, 3.8) is 0 Å². The summed E-state index contributed by atoms with van der Waals surface area (Å²) in [5.41, 5.74) is 16.1. The molecular weight excluding hydrogens is 637 g/mol. The molecule has 0 radical (unpaired) electrons. The third-order valence-electron chi connectivity index (χ3n) is 10.9. The van der Waals surface area contributed by atoms with Crippen LogP contribution in [0.1, 0.15) is 219 Å². The van der Waals surface area contributed by atoms with Crippen LogP contribution in [0.4, 0.5) is 11.4 Å². The second-order valence-electron chi connectivity index (χ2n) is 15.8. The number of nitrogens with two attached hydrogens (primary N) is 2. The third-order valence-corrected chi connectivity index (χ3v) is 10.9. The lowest BCUT2D eigenvalue weighted by Gasteiger charge is -2.13. The van der Waals surface area contributed by atoms with Crippen LogP contribution >= 0.6 is 0 Å². The van der Waals surface area contributed by atoms with Gasteiger partial charge in [0.05, 0.1) is 24.6 Å². The summed E-state index contributed by atoms with van der Waals surface area (Å²) in [7, 11) is 0. The molecule has 0 bridgehead atoms. The molecular formula is C48H84N2O2. The van der Waals surface area contributed by atoms with Gasteiger partial charge in [0.1, 0.15) is 11.5 Å². The molecule has 0 heterocycles. The van der Waals surface area contributed by atoms with Crippen molar-refractivity contribution in [3.05, 3.63) is 36.4 Å². The molecule has 0 saturated carbocycles. The van der Waals surface area contributed by atoms with Gasteiger partial charge in [-0.2, -0.15) is 0 Å². The molecule has 2 aromatic rings. The molecule has 0 fully saturated rings. The van der Waals surface area contributed by atoms with E-state index in [1.807, 2.05) is 12.1 Å². The van der Waals surface area contributed by atoms with Gasteiger partial charge >= 0.3 is 0 Å². The van der Waals surface area contributed by atoms with Crippen LogP contribution in [0.25, 0.3) is 11.1 Å². The average molecular weight is 721 g/mol. The number of benzene rings is 2. The maximum Gasteiger partial charge on any atom is 0.142 e. The van der Waals surface area contributed by atoms with Crippen molar-refractivity contribution in [3.8, 4) is 22.6 Å². The van der Waals surface area contributed by atoms with Crippen molar-refractivity contribution >= 4 is 11.4 Å². The fraction of sp³-hybridized carbons (Fsp3) is 0.750. The summed E-state index contributed by atoms with van der Waals surface area (Å²) in [6, 6.07) is 12.1. The minimum absolute atomic E-state index is 0.690. The van der Waals surface area contributed by atoms with E-state index in [-0.39, 0.29) is 0 Å². The van der Waals surface area contributed by atoms with Gasteiger partial charge in [0.25, 0.3) is 0 Å². The Morgan fingerprint density at radius 1 is 0.327 bits per heavy atom. The van der Waals surface area contributed by atoms with E-state index in [0.29, 0.717) is 24.6 Å². The van der Waals surface area contributed by atoms with Gasteiger partial charge in [0, 0.05) is 0 Å². The van der Waals surface area contributed by atoms with Crippen LogP contribution in [0.5, 0.6) is 11.5 Å². The Bertz CT molecular complexity index is 1000. The van der Waals surface area contributed by atoms with Crippen LogP contribution in [0.15, 0.2) is 36.4 Å². The molecule has 0 spiro atoms. The van der Waals surface area contributed by atoms with Crippen LogP contribution < -0.4 is 20.9 Å². The summed E-state index contributed by atoms with van der Waals surface area (Å²) in [4.78, 5) is 0. The number of hydrogen-bond donors (Lipinski definition) is 2. The predicted molar refractivity (Wildman–Crippen MR) is 231 cm³/mol. The normalized spacial score (nSPS) is 11.3. The second kappa shape index (κ2) is 33.2. The van der Waals surface area contributed by atoms with Crippen molar-refractivity contribution in [2.75, 3.05) is 24.7 Å². The topological polar surface area (TPSA) is 70.5 Å². The lowest BCUT2D eigenvalue weighted by atomic mass is 10.0. The number of nitrogen functional groups attached to an aromatic ring is 2. The van der Waals surface area contributed by atoms with Crippen molar-refractivity contribution in [1.29, 1.82) is 0 Å². The highest BCUT2D eigenvalue weighted by Gasteiger charge is 2.09. The molecule has 52 heavy (non-hydrogen) atoms. The first-order valence-corrected chi connectivity index (χ1v) is 22.7. The highest BCUT2D eigenvalue weighted by atomic mass is 16.5. The maximum atomic E-state index is 6.30. The minimum atomic E-state index is 0.690. The Labute approximate surface area is 323 Å². The maximum absolute atomic E-state index is 6.30. The summed E-state index contributed by atoms with van der Waals surface area (Å²) >= 11 is 0. The van der Waals surface area contributed by atoms with E-state index in [0.717, 1.165) is 35.5 Å². The van der Waals surface area contributed by atoms with Gasteiger partial charge in [0.15, 0.2) is 0 Å². The molecule has 2 aromatic carbocycles. The predicted octanol–water partition coefficient (Wildman–Crippen LogP) is 15.8. The van der Waals surface area contributed by atoms with Gasteiger partial charge in [-0.1, -0.05) is 219 Å². The molecule has 4 N–H and O–H groups in total. The Balaban J connectivity index is 1.51. The lowest BCUT2D eigenvalue weighted by Crippen LogP contribution is -2.02. The van der Waals surface area contributed by atoms with Crippen LogP contribution in [0.3, 0.4) is 0 Å². The van der Waals surface area contributed by atoms with Gasteiger partial charge < -0.3 is 20.9 Å². The first kappa shape index (κ1) is 45.8. The number of hydrogen-bond acceptors (Lipinski definition) is 4. The van der Waals surface area contributed by atoms with Crippen LogP contribution in [0, 0.1) is 0 Å². The average Bonchev–Trinajstić information content (AvgIpc) is 3.15. The van der Waals surface area contributed by atoms with Crippen LogP contribution in [-0.2, 0) is 0 Å². The second-order valence-corrected chi connectivity index (χ2v) is 15.8. The monoisotopic (exact) mass is 721 g/mol. The molecule has 4 heteroatoms. The van der Waals surface area contributed by atoms with Gasteiger partial charge in [-0.05, 0) is 48.2 Å². The molecule has 0 aliphatic carbocycles. The first-order chi connectivity index (χ1) is 25.7. The number of unbranched alkanes of at least 4 members (excludes halogenated alkanes) is 30. The smallest absolute Gasteiger partial charge is 0.142 e. The van der Waals surface area contributed by atoms with E-state index >= 15 is 0 Å². The largest absolute Gasteiger partial charge is 0.491 e. The summed E-state index contributed by atoms with van der Waals surface area (Å²) in [5.74, 6) is 1.54. The van der Waals surface area contributed by atoms with E-state index in [2.05, 4.69) is 38.1 Å². The van der Waals surface area contributed by atoms with E-state index in [9.17, 15) is 0 Å². The zero-order valence-electron chi connectivity index (χ0n) is 34.5. The van der Waals surface area contributed by atoms with Gasteiger partial charge in [-0.15, -0.1) is 0 Å². The van der Waals surface area contributed by atoms with E-state index in [4.69, 9.17) is 20.9 Å². The molecule has 298 valence electrons. The molecule has 4 nitrogen and oxygen atoms in total. The number of rotatable bonds is 37. The molecule has 0 amide bonds. The molecule has 0 saturated heterocycles. The van der Waals surface area contributed by atoms with Crippen molar-refractivity contribution < 1.29 is 9.47 Å². The Morgan fingerprint density at radius 3 is 0.808 bits per heavy atom. The standard InChI is InChI=1S/C48H84N2O2/c1-3-5-7-9-11-13-15-17-19-21-23-25-27-29-31-33-39-51-47-41-43(35-37-45(47)49)44-36-38-46(50)48(42-44)52-40-34-32-30-28-26-24-22-20-18-16-14-12-10-8-6-4-2/h35-38,41-42H,3-34,39-40,49-50H2,1-2H3. The highest BCUT2D eigenvalue weighted by Crippen LogP contribution is 2.33. The molecule has 0 atom stereocenters. The van der Waals surface area contributed by atoms with Crippen LogP contribution in [0.2, 0.25) is 0 Å². The molecule has 0 unspecified atom stereocenters. The Morgan fingerprint density at radius 2 is 0.558 bits per heavy atom.